The maximum Gasteiger partial charge on any atom is 0.242 e. The van der Waals surface area contributed by atoms with E-state index >= 15 is 0 Å². The molecule has 17 heavy (non-hydrogen) atoms. The number of nitrogens with zero attached hydrogens (tertiary/aromatic N) is 1. The molecular formula is C11H20N2O4. The van der Waals surface area contributed by atoms with E-state index in [2.05, 4.69) is 5.32 Å². The molecule has 1 N–H and O–H groups in total. The molecule has 0 bridgehead atoms. The van der Waals surface area contributed by atoms with E-state index in [0.717, 1.165) is 6.42 Å². The fourth-order valence-corrected chi connectivity index (χ4v) is 1.66. The van der Waals surface area contributed by atoms with E-state index in [-0.39, 0.29) is 18.4 Å². The molecule has 1 aliphatic rings. The van der Waals surface area contributed by atoms with Crippen molar-refractivity contribution in [1.82, 2.24) is 10.2 Å². The van der Waals surface area contributed by atoms with Crippen molar-refractivity contribution in [1.29, 1.82) is 0 Å². The lowest BCUT2D eigenvalue weighted by Gasteiger charge is -2.32. The fraction of sp³-hybridized carbons (Fsp3) is 0.818. The fourth-order valence-electron chi connectivity index (χ4n) is 1.66. The normalized spacial score (nSPS) is 20.6. The minimum absolute atomic E-state index is 0.0578. The Bertz CT molecular complexity index is 270. The first-order valence-electron chi connectivity index (χ1n) is 5.80. The van der Waals surface area contributed by atoms with Crippen LogP contribution in [-0.2, 0) is 19.1 Å². The molecule has 0 radical (unpaired) electrons. The summed E-state index contributed by atoms with van der Waals surface area (Å²) < 4.78 is 10.3. The van der Waals surface area contributed by atoms with Gasteiger partial charge >= 0.3 is 0 Å². The van der Waals surface area contributed by atoms with Crippen molar-refractivity contribution >= 4 is 11.8 Å². The van der Waals surface area contributed by atoms with Crippen LogP contribution in [0, 0.1) is 0 Å². The van der Waals surface area contributed by atoms with Crippen LogP contribution in [-0.4, -0.2) is 62.8 Å². The van der Waals surface area contributed by atoms with Crippen molar-refractivity contribution in [3.8, 4) is 0 Å². The predicted molar refractivity (Wildman–Crippen MR) is 61.5 cm³/mol. The molecule has 0 aromatic carbocycles. The summed E-state index contributed by atoms with van der Waals surface area (Å²) in [5.74, 6) is -0.165. The Morgan fingerprint density at radius 2 is 2.12 bits per heavy atom. The maximum atomic E-state index is 11.6. The molecule has 6 heteroatoms. The number of amides is 2. The van der Waals surface area contributed by atoms with Crippen LogP contribution in [0.5, 0.6) is 0 Å². The van der Waals surface area contributed by atoms with Crippen molar-refractivity contribution < 1.29 is 19.1 Å². The summed E-state index contributed by atoms with van der Waals surface area (Å²) in [5.41, 5.74) is 0. The van der Waals surface area contributed by atoms with Gasteiger partial charge in [0.2, 0.25) is 11.8 Å². The third kappa shape index (κ3) is 4.32. The Labute approximate surface area is 101 Å². The lowest BCUT2D eigenvalue weighted by atomic mass is 10.2. The van der Waals surface area contributed by atoms with Crippen molar-refractivity contribution in [2.45, 2.75) is 19.4 Å². The lowest BCUT2D eigenvalue weighted by molar-refractivity contribution is -0.145. The van der Waals surface area contributed by atoms with Gasteiger partial charge in [0.1, 0.15) is 6.04 Å². The zero-order valence-corrected chi connectivity index (χ0v) is 10.4. The molecule has 1 atom stereocenters. The molecular weight excluding hydrogens is 224 g/mol. The maximum absolute atomic E-state index is 11.6. The van der Waals surface area contributed by atoms with E-state index in [1.807, 2.05) is 0 Å². The van der Waals surface area contributed by atoms with E-state index < -0.39 is 6.04 Å². The van der Waals surface area contributed by atoms with Gasteiger partial charge in [-0.25, -0.2) is 0 Å². The van der Waals surface area contributed by atoms with Gasteiger partial charge in [0.05, 0.1) is 13.2 Å². The monoisotopic (exact) mass is 244 g/mol. The van der Waals surface area contributed by atoms with Gasteiger partial charge < -0.3 is 19.7 Å². The largest absolute Gasteiger partial charge is 0.385 e. The van der Waals surface area contributed by atoms with Gasteiger partial charge in [-0.3, -0.25) is 9.59 Å². The van der Waals surface area contributed by atoms with Gasteiger partial charge in [-0.15, -0.1) is 0 Å². The number of hydrogen-bond donors (Lipinski definition) is 1. The molecule has 0 aliphatic carbocycles. The Morgan fingerprint density at radius 3 is 2.82 bits per heavy atom. The standard InChI is InChI=1S/C11H20N2O4/c1-9-11(15)12-8-10(14)13(9)4-7-17-6-3-5-16-2/h9H,3-8H2,1-2H3,(H,12,15). The molecule has 98 valence electrons. The van der Waals surface area contributed by atoms with Crippen molar-refractivity contribution in [3.05, 3.63) is 0 Å². The molecule has 2 amide bonds. The second-order valence-electron chi connectivity index (χ2n) is 3.94. The molecule has 1 fully saturated rings. The highest BCUT2D eigenvalue weighted by Crippen LogP contribution is 2.04. The Hall–Kier alpha value is -1.14. The van der Waals surface area contributed by atoms with Crippen LogP contribution in [0.15, 0.2) is 0 Å². The summed E-state index contributed by atoms with van der Waals surface area (Å²) in [5, 5.41) is 2.54. The molecule has 0 aromatic heterocycles. The number of rotatable bonds is 7. The number of ether oxygens (including phenoxy) is 2. The van der Waals surface area contributed by atoms with E-state index in [0.29, 0.717) is 26.4 Å². The third-order valence-electron chi connectivity index (χ3n) is 2.69. The van der Waals surface area contributed by atoms with E-state index in [9.17, 15) is 9.59 Å². The highest BCUT2D eigenvalue weighted by molar-refractivity contribution is 5.94. The number of carbonyl (C=O) groups excluding carboxylic acids is 2. The molecule has 0 aromatic rings. The summed E-state index contributed by atoms with van der Waals surface area (Å²) >= 11 is 0. The summed E-state index contributed by atoms with van der Waals surface area (Å²) in [6.45, 7) is 4.00. The van der Waals surface area contributed by atoms with Crippen LogP contribution in [0.25, 0.3) is 0 Å². The predicted octanol–water partition coefficient (Wildman–Crippen LogP) is -0.614. The Kier molecular flexibility index (Phi) is 5.93. The summed E-state index contributed by atoms with van der Waals surface area (Å²) in [6.07, 6.45) is 0.834. The summed E-state index contributed by atoms with van der Waals surface area (Å²) in [7, 11) is 1.65. The SMILES string of the molecule is COCCCOCCN1C(=O)CNC(=O)C1C. The van der Waals surface area contributed by atoms with Crippen LogP contribution < -0.4 is 5.32 Å². The van der Waals surface area contributed by atoms with Crippen LogP contribution in [0.4, 0.5) is 0 Å². The van der Waals surface area contributed by atoms with Crippen LogP contribution >= 0.6 is 0 Å². The molecule has 1 unspecified atom stereocenters. The van der Waals surface area contributed by atoms with E-state index in [1.54, 1.807) is 18.9 Å². The van der Waals surface area contributed by atoms with Crippen molar-refractivity contribution in [3.63, 3.8) is 0 Å². The van der Waals surface area contributed by atoms with Crippen molar-refractivity contribution in [2.75, 3.05) is 40.0 Å². The topological polar surface area (TPSA) is 67.9 Å². The minimum atomic E-state index is -0.404. The highest BCUT2D eigenvalue weighted by Gasteiger charge is 2.30. The highest BCUT2D eigenvalue weighted by atomic mass is 16.5. The number of nitrogens with one attached hydrogen (secondary N) is 1. The first-order chi connectivity index (χ1) is 8.16. The van der Waals surface area contributed by atoms with E-state index in [4.69, 9.17) is 9.47 Å². The van der Waals surface area contributed by atoms with Gasteiger partial charge in [-0.05, 0) is 13.3 Å². The molecule has 1 heterocycles. The molecule has 0 saturated carbocycles. The number of hydrogen-bond acceptors (Lipinski definition) is 4. The average Bonchev–Trinajstić information content (AvgIpc) is 2.32. The third-order valence-corrected chi connectivity index (χ3v) is 2.69. The molecule has 1 rings (SSSR count). The molecule has 1 saturated heterocycles. The van der Waals surface area contributed by atoms with Gasteiger partial charge in [0.15, 0.2) is 0 Å². The summed E-state index contributed by atoms with van der Waals surface area (Å²) in [6, 6.07) is -0.404. The minimum Gasteiger partial charge on any atom is -0.385 e. The Morgan fingerprint density at radius 1 is 1.35 bits per heavy atom. The molecule has 6 nitrogen and oxygen atoms in total. The quantitative estimate of drug-likeness (QED) is 0.606. The number of carbonyl (C=O) groups is 2. The zero-order valence-electron chi connectivity index (χ0n) is 10.4. The first kappa shape index (κ1) is 13.9. The zero-order chi connectivity index (χ0) is 12.7. The second kappa shape index (κ2) is 7.24. The summed E-state index contributed by atoms with van der Waals surface area (Å²) in [4.78, 5) is 24.5. The molecule has 1 aliphatic heterocycles. The van der Waals surface area contributed by atoms with Crippen LogP contribution in [0.1, 0.15) is 13.3 Å². The molecule has 0 spiro atoms. The van der Waals surface area contributed by atoms with Gasteiger partial charge in [-0.2, -0.15) is 0 Å². The van der Waals surface area contributed by atoms with Gasteiger partial charge in [-0.1, -0.05) is 0 Å². The van der Waals surface area contributed by atoms with Crippen molar-refractivity contribution in [2.24, 2.45) is 0 Å². The van der Waals surface area contributed by atoms with E-state index in [1.165, 1.54) is 0 Å². The van der Waals surface area contributed by atoms with Crippen LogP contribution in [0.2, 0.25) is 0 Å². The number of methoxy groups -OCH3 is 1. The lowest BCUT2D eigenvalue weighted by Crippen LogP contribution is -2.57. The second-order valence-corrected chi connectivity index (χ2v) is 3.94. The average molecular weight is 244 g/mol. The number of piperazine rings is 1. The van der Waals surface area contributed by atoms with Crippen LogP contribution in [0.3, 0.4) is 0 Å². The van der Waals surface area contributed by atoms with Gasteiger partial charge in [0.25, 0.3) is 0 Å². The Balaban J connectivity index is 2.20. The van der Waals surface area contributed by atoms with Gasteiger partial charge in [0, 0.05) is 26.9 Å². The smallest absolute Gasteiger partial charge is 0.242 e. The first-order valence-corrected chi connectivity index (χ1v) is 5.80.